The van der Waals surface area contributed by atoms with Crippen molar-refractivity contribution < 1.29 is 38.7 Å². The fraction of sp³-hybridized carbons (Fsp3) is 0.562. The molecular weight excluding hydrogens is 320 g/mol. The van der Waals surface area contributed by atoms with E-state index in [2.05, 4.69) is 4.74 Å². The minimum atomic E-state index is -1.36. The molecule has 0 amide bonds. The average molecular weight is 340 g/mol. The predicted molar refractivity (Wildman–Crippen MR) is 78.7 cm³/mol. The maximum absolute atomic E-state index is 11.1. The quantitative estimate of drug-likeness (QED) is 0.723. The van der Waals surface area contributed by atoms with Gasteiger partial charge in [-0.3, -0.25) is 0 Å². The Morgan fingerprint density at radius 3 is 2.67 bits per heavy atom. The fourth-order valence-corrected chi connectivity index (χ4v) is 2.70. The van der Waals surface area contributed by atoms with Gasteiger partial charge in [0.05, 0.1) is 13.7 Å². The minimum absolute atomic E-state index is 0.159. The SMILES string of the molecule is COC(=O)COC1OC2COC(c3ccccc3)OC2C(O)C1O. The summed E-state index contributed by atoms with van der Waals surface area (Å²) in [7, 11) is 1.22. The molecule has 2 aliphatic rings. The molecule has 0 bridgehead atoms. The standard InChI is InChI=1S/C16H20O8/c1-20-11(17)8-22-16-13(19)12(18)14-10(23-16)7-21-15(24-14)9-5-3-2-4-6-9/h2-6,10,12-16,18-19H,7-8H2,1H3. The zero-order valence-electron chi connectivity index (χ0n) is 13.1. The molecule has 6 atom stereocenters. The Hall–Kier alpha value is -1.55. The van der Waals surface area contributed by atoms with Crippen molar-refractivity contribution in [1.82, 2.24) is 0 Å². The third-order valence-corrected chi connectivity index (χ3v) is 4.00. The van der Waals surface area contributed by atoms with Gasteiger partial charge in [-0.1, -0.05) is 30.3 Å². The van der Waals surface area contributed by atoms with Gasteiger partial charge in [-0.15, -0.1) is 0 Å². The summed E-state index contributed by atoms with van der Waals surface area (Å²) in [5.41, 5.74) is 0.807. The van der Waals surface area contributed by atoms with Crippen LogP contribution in [0.4, 0.5) is 0 Å². The molecule has 1 aromatic rings. The van der Waals surface area contributed by atoms with Gasteiger partial charge in [0.25, 0.3) is 0 Å². The lowest BCUT2D eigenvalue weighted by Crippen LogP contribution is -2.62. The van der Waals surface area contributed by atoms with E-state index in [1.807, 2.05) is 30.3 Å². The molecular formula is C16H20O8. The number of methoxy groups -OCH3 is 1. The van der Waals surface area contributed by atoms with Crippen LogP contribution in [0.2, 0.25) is 0 Å². The van der Waals surface area contributed by atoms with Crippen LogP contribution in [0.15, 0.2) is 30.3 Å². The van der Waals surface area contributed by atoms with Crippen LogP contribution in [0.5, 0.6) is 0 Å². The highest BCUT2D eigenvalue weighted by molar-refractivity contribution is 5.70. The molecule has 2 heterocycles. The molecule has 132 valence electrons. The highest BCUT2D eigenvalue weighted by atomic mass is 16.8. The highest BCUT2D eigenvalue weighted by Crippen LogP contribution is 2.34. The molecule has 8 nitrogen and oxygen atoms in total. The molecule has 24 heavy (non-hydrogen) atoms. The molecule has 0 spiro atoms. The van der Waals surface area contributed by atoms with Crippen LogP contribution in [0.3, 0.4) is 0 Å². The number of rotatable bonds is 4. The Balaban J connectivity index is 1.64. The van der Waals surface area contributed by atoms with E-state index in [-0.39, 0.29) is 6.61 Å². The topological polar surface area (TPSA) is 104 Å². The van der Waals surface area contributed by atoms with E-state index in [9.17, 15) is 15.0 Å². The summed E-state index contributed by atoms with van der Waals surface area (Å²) in [5, 5.41) is 20.5. The van der Waals surface area contributed by atoms with Gasteiger partial charge in [0.1, 0.15) is 31.0 Å². The second-order valence-electron chi connectivity index (χ2n) is 5.59. The Morgan fingerprint density at radius 2 is 1.96 bits per heavy atom. The summed E-state index contributed by atoms with van der Waals surface area (Å²) in [4.78, 5) is 11.1. The summed E-state index contributed by atoms with van der Waals surface area (Å²) in [6.07, 6.45) is -5.79. The van der Waals surface area contributed by atoms with Crippen molar-refractivity contribution in [3.63, 3.8) is 0 Å². The number of hydrogen-bond donors (Lipinski definition) is 2. The monoisotopic (exact) mass is 340 g/mol. The highest BCUT2D eigenvalue weighted by Gasteiger charge is 2.49. The van der Waals surface area contributed by atoms with Gasteiger partial charge < -0.3 is 33.9 Å². The van der Waals surface area contributed by atoms with Gasteiger partial charge >= 0.3 is 5.97 Å². The molecule has 2 saturated heterocycles. The Bertz CT molecular complexity index is 548. The molecule has 1 aromatic carbocycles. The summed E-state index contributed by atoms with van der Waals surface area (Å²) >= 11 is 0. The molecule has 0 saturated carbocycles. The van der Waals surface area contributed by atoms with Gasteiger partial charge in [0.15, 0.2) is 12.6 Å². The van der Waals surface area contributed by atoms with Crippen LogP contribution in [-0.4, -0.2) is 67.2 Å². The normalized spacial score (nSPS) is 36.0. The van der Waals surface area contributed by atoms with E-state index in [1.165, 1.54) is 7.11 Å². The maximum Gasteiger partial charge on any atom is 0.331 e. The molecule has 0 aliphatic carbocycles. The van der Waals surface area contributed by atoms with Crippen molar-refractivity contribution in [2.24, 2.45) is 0 Å². The van der Waals surface area contributed by atoms with Crippen molar-refractivity contribution in [2.45, 2.75) is 37.0 Å². The van der Waals surface area contributed by atoms with E-state index in [4.69, 9.17) is 18.9 Å². The minimum Gasteiger partial charge on any atom is -0.467 e. The number of ether oxygens (including phenoxy) is 5. The third-order valence-electron chi connectivity index (χ3n) is 4.00. The number of hydrogen-bond acceptors (Lipinski definition) is 8. The first-order valence-electron chi connectivity index (χ1n) is 7.62. The molecule has 2 N–H and O–H groups in total. The number of benzene rings is 1. The lowest BCUT2D eigenvalue weighted by molar-refractivity contribution is -0.360. The third kappa shape index (κ3) is 3.59. The first kappa shape index (κ1) is 17.3. The number of esters is 1. The zero-order chi connectivity index (χ0) is 17.1. The van der Waals surface area contributed by atoms with Crippen molar-refractivity contribution in [3.05, 3.63) is 35.9 Å². The smallest absolute Gasteiger partial charge is 0.331 e. The Kier molecular flexibility index (Phi) is 5.44. The van der Waals surface area contributed by atoms with Crippen LogP contribution >= 0.6 is 0 Å². The van der Waals surface area contributed by atoms with Crippen LogP contribution in [0.1, 0.15) is 11.9 Å². The summed E-state index contributed by atoms with van der Waals surface area (Å²) in [5.74, 6) is -0.609. The fourth-order valence-electron chi connectivity index (χ4n) is 2.70. The van der Waals surface area contributed by atoms with Crippen molar-refractivity contribution >= 4 is 5.97 Å². The van der Waals surface area contributed by atoms with Crippen LogP contribution in [-0.2, 0) is 28.5 Å². The molecule has 0 radical (unpaired) electrons. The number of carbonyl (C=O) groups is 1. The molecule has 3 rings (SSSR count). The van der Waals surface area contributed by atoms with Crippen molar-refractivity contribution in [1.29, 1.82) is 0 Å². The van der Waals surface area contributed by atoms with Crippen LogP contribution in [0, 0.1) is 0 Å². The average Bonchev–Trinajstić information content (AvgIpc) is 2.63. The van der Waals surface area contributed by atoms with E-state index >= 15 is 0 Å². The van der Waals surface area contributed by atoms with Gasteiger partial charge in [-0.2, -0.15) is 0 Å². The van der Waals surface area contributed by atoms with E-state index in [1.54, 1.807) is 0 Å². The number of fused-ring (bicyclic) bond motifs is 1. The van der Waals surface area contributed by atoms with Crippen LogP contribution in [0.25, 0.3) is 0 Å². The van der Waals surface area contributed by atoms with E-state index in [0.29, 0.717) is 0 Å². The zero-order valence-corrected chi connectivity index (χ0v) is 13.1. The van der Waals surface area contributed by atoms with Crippen LogP contribution < -0.4 is 0 Å². The number of carbonyl (C=O) groups excluding carboxylic acids is 1. The second-order valence-corrected chi connectivity index (χ2v) is 5.59. The summed E-state index contributed by atoms with van der Waals surface area (Å²) < 4.78 is 26.6. The lowest BCUT2D eigenvalue weighted by Gasteiger charge is -2.46. The van der Waals surface area contributed by atoms with E-state index in [0.717, 1.165) is 5.56 Å². The van der Waals surface area contributed by atoms with E-state index < -0.39 is 49.6 Å². The van der Waals surface area contributed by atoms with Crippen molar-refractivity contribution in [3.8, 4) is 0 Å². The Morgan fingerprint density at radius 1 is 1.21 bits per heavy atom. The molecule has 2 aliphatic heterocycles. The van der Waals surface area contributed by atoms with Crippen molar-refractivity contribution in [2.75, 3.05) is 20.3 Å². The Labute approximate surface area is 138 Å². The molecule has 8 heteroatoms. The maximum atomic E-state index is 11.1. The second kappa shape index (κ2) is 7.56. The summed E-state index contributed by atoms with van der Waals surface area (Å²) in [6.45, 7) is -0.233. The molecule has 2 fully saturated rings. The van der Waals surface area contributed by atoms with Gasteiger partial charge in [0.2, 0.25) is 0 Å². The number of aliphatic hydroxyl groups is 2. The molecule has 6 unspecified atom stereocenters. The predicted octanol–water partition coefficient (Wildman–Crippen LogP) is -0.263. The first-order chi connectivity index (χ1) is 11.6. The van der Waals surface area contributed by atoms with Gasteiger partial charge in [-0.05, 0) is 0 Å². The lowest BCUT2D eigenvalue weighted by atomic mass is 9.98. The number of aliphatic hydroxyl groups excluding tert-OH is 2. The molecule has 0 aromatic heterocycles. The first-order valence-corrected chi connectivity index (χ1v) is 7.62. The summed E-state index contributed by atoms with van der Waals surface area (Å²) in [6, 6.07) is 9.28. The largest absolute Gasteiger partial charge is 0.467 e. The van der Waals surface area contributed by atoms with Gasteiger partial charge in [-0.25, -0.2) is 4.79 Å². The van der Waals surface area contributed by atoms with Gasteiger partial charge in [0, 0.05) is 5.56 Å².